The fourth-order valence-electron chi connectivity index (χ4n) is 9.60. The summed E-state index contributed by atoms with van der Waals surface area (Å²) in [5.74, 6) is -6.90. The summed E-state index contributed by atoms with van der Waals surface area (Å²) in [7, 11) is 1.29. The molecule has 1 saturated heterocycles. The number of carboxylic acid groups (broad SMARTS) is 1. The SMILES string of the molecule is COc1cccc2c1C(=O)c1c(O)c3c(c(O)c1C2=O)C[C@@](O)(C(=O)COC(=O)c1ccc(C(=O)O)cc1)C[C@@H]3O[C@H]1C[C@H](NC(=O)OCC2c3ccccc3-c3ccccc32)[C@H](O)[C@H](C)O1. The average Bonchev–Trinajstić information content (AvgIpc) is 3.64. The highest BCUT2D eigenvalue weighted by Gasteiger charge is 2.51. The van der Waals surface area contributed by atoms with Crippen molar-refractivity contribution in [2.75, 3.05) is 20.3 Å². The summed E-state index contributed by atoms with van der Waals surface area (Å²) < 4.78 is 28.7. The van der Waals surface area contributed by atoms with Gasteiger partial charge in [0.25, 0.3) is 0 Å². The number of phenolic OH excluding ortho intramolecular Hbond substituents is 2. The van der Waals surface area contributed by atoms with Crippen molar-refractivity contribution >= 4 is 35.4 Å². The number of nitrogens with one attached hydrogen (secondary N) is 1. The summed E-state index contributed by atoms with van der Waals surface area (Å²) >= 11 is 0. The third-order valence-electron chi connectivity index (χ3n) is 13.0. The number of alkyl carbamates (subject to hydrolysis) is 1. The van der Waals surface area contributed by atoms with Gasteiger partial charge in [-0.25, -0.2) is 14.4 Å². The van der Waals surface area contributed by atoms with Gasteiger partial charge in [0.2, 0.25) is 11.6 Å². The Morgan fingerprint density at radius 1 is 0.791 bits per heavy atom. The van der Waals surface area contributed by atoms with Crippen molar-refractivity contribution < 1.29 is 78.0 Å². The van der Waals surface area contributed by atoms with Gasteiger partial charge in [-0.15, -0.1) is 0 Å². The second kappa shape index (κ2) is 17.4. The Balaban J connectivity index is 0.994. The Hall–Kier alpha value is -7.44. The predicted octanol–water partition coefficient (Wildman–Crippen LogP) is 5.14. The zero-order valence-corrected chi connectivity index (χ0v) is 35.9. The van der Waals surface area contributed by atoms with Crippen LogP contribution in [-0.4, -0.2) is 111 Å². The van der Waals surface area contributed by atoms with Crippen LogP contribution < -0.4 is 10.1 Å². The van der Waals surface area contributed by atoms with Crippen LogP contribution in [0.15, 0.2) is 91.0 Å². The number of Topliss-reactive ketones (excluding diaryl/α,β-unsaturated/α-hetero) is 1. The fraction of sp³-hybridized carbons (Fsp3) is 0.280. The Morgan fingerprint density at radius 2 is 1.42 bits per heavy atom. The van der Waals surface area contributed by atoms with Crippen molar-refractivity contribution in [1.29, 1.82) is 0 Å². The number of hydrogen-bond donors (Lipinski definition) is 6. The van der Waals surface area contributed by atoms with E-state index in [9.17, 15) is 54.3 Å². The minimum absolute atomic E-state index is 0.0168. The summed E-state index contributed by atoms with van der Waals surface area (Å²) in [4.78, 5) is 79.9. The first-order valence-corrected chi connectivity index (χ1v) is 21.3. The van der Waals surface area contributed by atoms with Crippen LogP contribution >= 0.6 is 0 Å². The molecule has 1 fully saturated rings. The Labute approximate surface area is 381 Å². The van der Waals surface area contributed by atoms with E-state index >= 15 is 0 Å². The normalized spacial score (nSPS) is 22.6. The number of ether oxygens (including phenoxy) is 5. The van der Waals surface area contributed by atoms with Crippen LogP contribution in [0.1, 0.15) is 107 Å². The molecule has 1 heterocycles. The molecule has 5 aromatic rings. The van der Waals surface area contributed by atoms with E-state index in [1.54, 1.807) is 0 Å². The number of esters is 1. The molecule has 6 N–H and O–H groups in total. The van der Waals surface area contributed by atoms with E-state index in [-0.39, 0.29) is 58.1 Å². The summed E-state index contributed by atoms with van der Waals surface area (Å²) in [5.41, 5.74) is -0.733. The summed E-state index contributed by atoms with van der Waals surface area (Å²) in [6, 6.07) is 23.5. The quantitative estimate of drug-likeness (QED) is 0.0726. The third kappa shape index (κ3) is 7.84. The molecule has 17 nitrogen and oxygen atoms in total. The van der Waals surface area contributed by atoms with Crippen molar-refractivity contribution in [3.63, 3.8) is 0 Å². The van der Waals surface area contributed by atoms with Crippen LogP contribution in [0.25, 0.3) is 11.1 Å². The molecule has 0 unspecified atom stereocenters. The third-order valence-corrected chi connectivity index (χ3v) is 13.0. The van der Waals surface area contributed by atoms with Gasteiger partial charge in [-0.1, -0.05) is 60.7 Å². The smallest absolute Gasteiger partial charge is 0.407 e. The second-order valence-electron chi connectivity index (χ2n) is 16.9. The number of ketones is 3. The number of benzene rings is 5. The van der Waals surface area contributed by atoms with Crippen molar-refractivity contribution in [3.8, 4) is 28.4 Å². The molecule has 5 aromatic carbocycles. The number of hydrogen-bond acceptors (Lipinski definition) is 15. The zero-order chi connectivity index (χ0) is 47.5. The van der Waals surface area contributed by atoms with Gasteiger partial charge in [0.1, 0.15) is 35.6 Å². The first kappa shape index (κ1) is 44.7. The monoisotopic (exact) mass is 913 g/mol. The van der Waals surface area contributed by atoms with Crippen LogP contribution in [0, 0.1) is 0 Å². The predicted molar refractivity (Wildman–Crippen MR) is 232 cm³/mol. The maximum absolute atomic E-state index is 14.2. The Kier molecular flexibility index (Phi) is 11.6. The van der Waals surface area contributed by atoms with Crippen LogP contribution in [-0.2, 0) is 30.2 Å². The van der Waals surface area contributed by atoms with E-state index in [0.29, 0.717) is 0 Å². The maximum atomic E-state index is 14.2. The van der Waals surface area contributed by atoms with Gasteiger partial charge in [0.05, 0.1) is 53.2 Å². The molecule has 344 valence electrons. The molecule has 4 aliphatic rings. The lowest BCUT2D eigenvalue weighted by Gasteiger charge is -2.42. The Bertz CT molecular complexity index is 2850. The van der Waals surface area contributed by atoms with E-state index in [2.05, 4.69) is 5.32 Å². The summed E-state index contributed by atoms with van der Waals surface area (Å²) in [6.07, 6.45) is -7.76. The molecule has 0 bridgehead atoms. The fourth-order valence-corrected chi connectivity index (χ4v) is 9.60. The molecule has 6 atom stereocenters. The van der Waals surface area contributed by atoms with Gasteiger partial charge in [-0.3, -0.25) is 14.4 Å². The van der Waals surface area contributed by atoms with Gasteiger partial charge in [-0.05, 0) is 59.5 Å². The number of aliphatic hydroxyl groups is 2. The number of carbonyl (C=O) groups excluding carboxylic acids is 5. The molecule has 3 aliphatic carbocycles. The number of aromatic hydroxyl groups is 2. The van der Waals surface area contributed by atoms with Gasteiger partial charge in [0, 0.05) is 41.9 Å². The van der Waals surface area contributed by atoms with E-state index in [4.69, 9.17) is 23.7 Å². The number of carboxylic acids is 1. The highest BCUT2D eigenvalue weighted by molar-refractivity contribution is 6.31. The molecular formula is C50H43NO16. The van der Waals surface area contributed by atoms with Crippen LogP contribution in [0.4, 0.5) is 4.79 Å². The molecule has 1 aliphatic heterocycles. The molecule has 1 amide bonds. The first-order chi connectivity index (χ1) is 32.1. The molecule has 0 saturated carbocycles. The number of carbonyl (C=O) groups is 6. The van der Waals surface area contributed by atoms with Gasteiger partial charge >= 0.3 is 18.0 Å². The van der Waals surface area contributed by atoms with Crippen molar-refractivity contribution in [2.24, 2.45) is 0 Å². The molecule has 0 spiro atoms. The lowest BCUT2D eigenvalue weighted by atomic mass is 9.72. The van der Waals surface area contributed by atoms with Crippen molar-refractivity contribution in [2.45, 2.75) is 68.3 Å². The second-order valence-corrected chi connectivity index (χ2v) is 16.9. The molecular weight excluding hydrogens is 871 g/mol. The number of methoxy groups -OCH3 is 1. The number of aliphatic hydroxyl groups excluding tert-OH is 1. The number of aromatic carboxylic acids is 1. The van der Waals surface area contributed by atoms with E-state index < -0.39 is 114 Å². The molecule has 17 heteroatoms. The molecule has 67 heavy (non-hydrogen) atoms. The number of amides is 1. The average molecular weight is 914 g/mol. The van der Waals surface area contributed by atoms with Crippen molar-refractivity contribution in [3.05, 3.63) is 147 Å². The topological polar surface area (TPSA) is 262 Å². The lowest BCUT2D eigenvalue weighted by Crippen LogP contribution is -2.56. The first-order valence-electron chi connectivity index (χ1n) is 21.3. The van der Waals surface area contributed by atoms with E-state index in [1.807, 2.05) is 48.5 Å². The standard InChI is InChI=1S/C50H43NO16/c1-23-42(53)33(51-49(61)65-21-32-28-10-5-3-8-26(28)27-9-4-6-11-29(27)32)18-37(66-23)67-35-20-50(62,36(52)22-64-48(60)25-16-14-24(15-17-25)47(58)59)19-31-39(35)46(57)41-40(44(31)55)43(54)30-12-7-13-34(63-2)38(30)45(41)56/h3-17,23,32-33,35,37,42,53,55,57,62H,18-22H2,1-2H3,(H,51,61)(H,58,59)/t23-,33-,35-,37-,42+,50-/m0/s1. The largest absolute Gasteiger partial charge is 0.507 e. The van der Waals surface area contributed by atoms with Crippen LogP contribution in [0.2, 0.25) is 0 Å². The van der Waals surface area contributed by atoms with Crippen molar-refractivity contribution in [1.82, 2.24) is 5.32 Å². The number of rotatable bonds is 11. The molecule has 9 rings (SSSR count). The van der Waals surface area contributed by atoms with E-state index in [1.165, 1.54) is 44.4 Å². The van der Waals surface area contributed by atoms with Crippen LogP contribution in [0.5, 0.6) is 17.2 Å². The van der Waals surface area contributed by atoms with Crippen LogP contribution in [0.3, 0.4) is 0 Å². The van der Waals surface area contributed by atoms with Gasteiger partial charge in [-0.2, -0.15) is 0 Å². The Morgan fingerprint density at radius 3 is 2.07 bits per heavy atom. The molecule has 0 radical (unpaired) electrons. The number of fused-ring (bicyclic) bond motifs is 6. The maximum Gasteiger partial charge on any atom is 0.407 e. The van der Waals surface area contributed by atoms with Gasteiger partial charge < -0.3 is 54.5 Å². The summed E-state index contributed by atoms with van der Waals surface area (Å²) in [5, 5.41) is 59.3. The highest BCUT2D eigenvalue weighted by atomic mass is 16.7. The minimum Gasteiger partial charge on any atom is -0.507 e. The summed E-state index contributed by atoms with van der Waals surface area (Å²) in [6.45, 7) is 0.479. The highest BCUT2D eigenvalue weighted by Crippen LogP contribution is 2.53. The molecule has 0 aromatic heterocycles. The number of phenols is 2. The lowest BCUT2D eigenvalue weighted by molar-refractivity contribution is -0.249. The minimum atomic E-state index is -2.52. The van der Waals surface area contributed by atoms with Gasteiger partial charge in [0.15, 0.2) is 18.7 Å². The van der Waals surface area contributed by atoms with E-state index in [0.717, 1.165) is 34.4 Å². The zero-order valence-electron chi connectivity index (χ0n) is 35.9.